The summed E-state index contributed by atoms with van der Waals surface area (Å²) in [5, 5.41) is 0.436. The fourth-order valence-corrected chi connectivity index (χ4v) is 1.03. The van der Waals surface area contributed by atoms with Gasteiger partial charge in [0.1, 0.15) is 0 Å². The highest BCUT2D eigenvalue weighted by Crippen LogP contribution is 2.25. The zero-order chi connectivity index (χ0) is 10.7. The monoisotopic (exact) mass is 213 g/mol. The average molecular weight is 214 g/mol. The van der Waals surface area contributed by atoms with Gasteiger partial charge in [0.05, 0.1) is 5.02 Å². The number of ether oxygens (including phenoxy) is 1. The van der Waals surface area contributed by atoms with Crippen LogP contribution < -0.4 is 4.74 Å². The van der Waals surface area contributed by atoms with Crippen molar-refractivity contribution in [1.29, 1.82) is 0 Å². The van der Waals surface area contributed by atoms with Crippen LogP contribution in [0, 0.1) is 6.92 Å². The Balaban J connectivity index is 2.86. The standard InChI is InChI=1S/C10H12ClNO2/c1-7-4-5-8(11)9(6-7)14-10(13)12(2)3/h4-6H,1-3H3. The van der Waals surface area contributed by atoms with Gasteiger partial charge in [-0.2, -0.15) is 0 Å². The van der Waals surface area contributed by atoms with Crippen LogP contribution in [0.25, 0.3) is 0 Å². The molecule has 0 radical (unpaired) electrons. The maximum Gasteiger partial charge on any atom is 0.414 e. The minimum Gasteiger partial charge on any atom is -0.409 e. The van der Waals surface area contributed by atoms with Crippen LogP contribution in [0.3, 0.4) is 0 Å². The minimum absolute atomic E-state index is 0.394. The lowest BCUT2D eigenvalue weighted by molar-refractivity contribution is 0.172. The Morgan fingerprint density at radius 1 is 1.43 bits per heavy atom. The summed E-state index contributed by atoms with van der Waals surface area (Å²) in [5.41, 5.74) is 0.996. The van der Waals surface area contributed by atoms with Gasteiger partial charge in [-0.1, -0.05) is 17.7 Å². The lowest BCUT2D eigenvalue weighted by Gasteiger charge is -2.11. The van der Waals surface area contributed by atoms with Crippen LogP contribution in [-0.4, -0.2) is 25.1 Å². The quantitative estimate of drug-likeness (QED) is 0.718. The zero-order valence-electron chi connectivity index (χ0n) is 8.37. The molecule has 1 rings (SSSR count). The molecule has 0 N–H and O–H groups in total. The molecule has 1 amide bonds. The van der Waals surface area contributed by atoms with Crippen LogP contribution >= 0.6 is 11.6 Å². The summed E-state index contributed by atoms with van der Waals surface area (Å²) in [6.45, 7) is 1.91. The number of hydrogen-bond donors (Lipinski definition) is 0. The lowest BCUT2D eigenvalue weighted by Crippen LogP contribution is -2.25. The van der Waals surface area contributed by atoms with Crippen molar-refractivity contribution in [3.8, 4) is 5.75 Å². The van der Waals surface area contributed by atoms with Crippen LogP contribution in [0.15, 0.2) is 18.2 Å². The molecule has 0 heterocycles. The first kappa shape index (κ1) is 10.9. The average Bonchev–Trinajstić information content (AvgIpc) is 2.11. The smallest absolute Gasteiger partial charge is 0.409 e. The second-order valence-electron chi connectivity index (χ2n) is 3.20. The summed E-state index contributed by atoms with van der Waals surface area (Å²) in [6.07, 6.45) is -0.433. The summed E-state index contributed by atoms with van der Waals surface area (Å²) < 4.78 is 5.04. The summed E-state index contributed by atoms with van der Waals surface area (Å²) in [4.78, 5) is 12.6. The number of halogens is 1. The van der Waals surface area contributed by atoms with E-state index < -0.39 is 6.09 Å². The Bertz CT molecular complexity index is 350. The van der Waals surface area contributed by atoms with Gasteiger partial charge in [-0.3, -0.25) is 0 Å². The highest BCUT2D eigenvalue weighted by atomic mass is 35.5. The number of rotatable bonds is 1. The normalized spacial score (nSPS) is 9.71. The lowest BCUT2D eigenvalue weighted by atomic mass is 10.2. The highest BCUT2D eigenvalue weighted by Gasteiger charge is 2.09. The van der Waals surface area contributed by atoms with Crippen LogP contribution in [0.1, 0.15) is 5.56 Å². The first-order chi connectivity index (χ1) is 6.50. The third kappa shape index (κ3) is 2.64. The molecular weight excluding hydrogens is 202 g/mol. The largest absolute Gasteiger partial charge is 0.414 e. The van der Waals surface area contributed by atoms with Crippen molar-refractivity contribution in [3.05, 3.63) is 28.8 Å². The molecule has 0 aliphatic rings. The summed E-state index contributed by atoms with van der Waals surface area (Å²) in [5.74, 6) is 0.394. The van der Waals surface area contributed by atoms with Gasteiger partial charge in [0.25, 0.3) is 0 Å². The van der Waals surface area contributed by atoms with Crippen molar-refractivity contribution in [2.45, 2.75) is 6.92 Å². The number of carbonyl (C=O) groups excluding carboxylic acids is 1. The number of aryl methyl sites for hydroxylation is 1. The van der Waals surface area contributed by atoms with Gasteiger partial charge < -0.3 is 9.64 Å². The molecule has 0 aliphatic carbocycles. The molecule has 4 heteroatoms. The van der Waals surface area contributed by atoms with Crippen molar-refractivity contribution in [2.24, 2.45) is 0 Å². The topological polar surface area (TPSA) is 29.5 Å². The molecule has 0 unspecified atom stereocenters. The van der Waals surface area contributed by atoms with E-state index in [2.05, 4.69) is 0 Å². The van der Waals surface area contributed by atoms with Gasteiger partial charge in [0.15, 0.2) is 5.75 Å². The van der Waals surface area contributed by atoms with Gasteiger partial charge in [0, 0.05) is 14.1 Å². The molecule has 0 saturated heterocycles. The maximum atomic E-state index is 11.2. The molecule has 0 fully saturated rings. The molecule has 3 nitrogen and oxygen atoms in total. The molecule has 0 aromatic heterocycles. The van der Waals surface area contributed by atoms with E-state index in [-0.39, 0.29) is 0 Å². The first-order valence-corrected chi connectivity index (χ1v) is 4.54. The van der Waals surface area contributed by atoms with Gasteiger partial charge >= 0.3 is 6.09 Å². The van der Waals surface area contributed by atoms with Crippen LogP contribution in [0.4, 0.5) is 4.79 Å². The maximum absolute atomic E-state index is 11.2. The van der Waals surface area contributed by atoms with E-state index in [0.717, 1.165) is 5.56 Å². The van der Waals surface area contributed by atoms with Crippen molar-refractivity contribution in [3.63, 3.8) is 0 Å². The van der Waals surface area contributed by atoms with Crippen molar-refractivity contribution >= 4 is 17.7 Å². The third-order valence-electron chi connectivity index (χ3n) is 1.65. The van der Waals surface area contributed by atoms with Gasteiger partial charge in [0.2, 0.25) is 0 Å². The molecule has 76 valence electrons. The van der Waals surface area contributed by atoms with E-state index >= 15 is 0 Å². The predicted octanol–water partition coefficient (Wildman–Crippen LogP) is 2.71. The Morgan fingerprint density at radius 2 is 2.07 bits per heavy atom. The molecule has 14 heavy (non-hydrogen) atoms. The van der Waals surface area contributed by atoms with Crippen molar-refractivity contribution < 1.29 is 9.53 Å². The van der Waals surface area contributed by atoms with Crippen molar-refractivity contribution in [1.82, 2.24) is 4.90 Å². The number of benzene rings is 1. The van der Waals surface area contributed by atoms with E-state index in [1.54, 1.807) is 26.2 Å². The Hall–Kier alpha value is -1.22. The van der Waals surface area contributed by atoms with Gasteiger partial charge in [-0.25, -0.2) is 4.79 Å². The van der Waals surface area contributed by atoms with Gasteiger partial charge in [-0.15, -0.1) is 0 Å². The summed E-state index contributed by atoms with van der Waals surface area (Å²) in [6, 6.07) is 5.29. The van der Waals surface area contributed by atoms with Crippen LogP contribution in [0.2, 0.25) is 5.02 Å². The summed E-state index contributed by atoms with van der Waals surface area (Å²) in [7, 11) is 3.23. The second-order valence-corrected chi connectivity index (χ2v) is 3.60. The van der Waals surface area contributed by atoms with Crippen molar-refractivity contribution in [2.75, 3.05) is 14.1 Å². The van der Waals surface area contributed by atoms with Gasteiger partial charge in [-0.05, 0) is 24.6 Å². The van der Waals surface area contributed by atoms with E-state index in [9.17, 15) is 4.79 Å². The predicted molar refractivity (Wildman–Crippen MR) is 55.9 cm³/mol. The minimum atomic E-state index is -0.433. The van der Waals surface area contributed by atoms with E-state index in [1.807, 2.05) is 13.0 Å². The fraction of sp³-hybridized carbons (Fsp3) is 0.300. The molecule has 0 spiro atoms. The number of hydrogen-bond acceptors (Lipinski definition) is 2. The third-order valence-corrected chi connectivity index (χ3v) is 1.96. The SMILES string of the molecule is Cc1ccc(Cl)c(OC(=O)N(C)C)c1. The number of nitrogens with zero attached hydrogens (tertiary/aromatic N) is 1. The Labute approximate surface area is 88.2 Å². The van der Waals surface area contributed by atoms with E-state index in [4.69, 9.17) is 16.3 Å². The van der Waals surface area contributed by atoms with E-state index in [1.165, 1.54) is 4.90 Å². The summed E-state index contributed by atoms with van der Waals surface area (Å²) >= 11 is 5.85. The fourth-order valence-electron chi connectivity index (χ4n) is 0.874. The number of carbonyl (C=O) groups is 1. The van der Waals surface area contributed by atoms with E-state index in [0.29, 0.717) is 10.8 Å². The number of amides is 1. The molecule has 1 aromatic rings. The molecule has 0 bridgehead atoms. The molecule has 0 atom stereocenters. The molecule has 0 saturated carbocycles. The first-order valence-electron chi connectivity index (χ1n) is 4.16. The van der Waals surface area contributed by atoms with Crippen LogP contribution in [-0.2, 0) is 0 Å². The highest BCUT2D eigenvalue weighted by molar-refractivity contribution is 6.32. The molecular formula is C10H12ClNO2. The molecule has 1 aromatic carbocycles. The zero-order valence-corrected chi connectivity index (χ0v) is 9.13. The second kappa shape index (κ2) is 4.33. The Kier molecular flexibility index (Phi) is 3.36. The van der Waals surface area contributed by atoms with Crippen LogP contribution in [0.5, 0.6) is 5.75 Å². The Morgan fingerprint density at radius 3 is 2.64 bits per heavy atom. The molecule has 0 aliphatic heterocycles.